The van der Waals surface area contributed by atoms with Crippen LogP contribution < -0.4 is 0 Å². The molecule has 0 spiro atoms. The molecule has 0 bridgehead atoms. The van der Waals surface area contributed by atoms with Crippen LogP contribution in [-0.2, 0) is 0 Å². The minimum atomic E-state index is 1.03. The Balaban J connectivity index is 1.56. The lowest BCUT2D eigenvalue weighted by atomic mass is 10.0. The molecule has 0 aliphatic heterocycles. The first-order chi connectivity index (χ1) is 16.8. The largest absolute Gasteiger partial charge is 0.354 e. The molecule has 3 nitrogen and oxygen atoms in total. The Labute approximate surface area is 193 Å². The second kappa shape index (κ2) is 5.64. The highest BCUT2D eigenvalue weighted by Crippen LogP contribution is 2.42. The maximum absolute atomic E-state index is 5.15. The van der Waals surface area contributed by atoms with Crippen LogP contribution in [0.2, 0.25) is 0 Å². The molecule has 0 aliphatic rings. The summed E-state index contributed by atoms with van der Waals surface area (Å²) in [5, 5.41) is 11.3. The molecule has 0 fully saturated rings. The van der Waals surface area contributed by atoms with Crippen LogP contribution in [0.3, 0.4) is 0 Å². The van der Waals surface area contributed by atoms with Crippen LogP contribution in [0.15, 0.2) is 97.1 Å². The van der Waals surface area contributed by atoms with E-state index in [0.717, 1.165) is 11.2 Å². The minimum absolute atomic E-state index is 1.03. The number of fused-ring (bicyclic) bond motifs is 12. The quantitative estimate of drug-likeness (QED) is 0.258. The minimum Gasteiger partial charge on any atom is -0.354 e. The number of hydrogen-bond acceptors (Lipinski definition) is 1. The first kappa shape index (κ1) is 16.9. The van der Waals surface area contributed by atoms with E-state index in [4.69, 9.17) is 4.98 Å². The van der Waals surface area contributed by atoms with E-state index >= 15 is 0 Å². The molecule has 0 radical (unpaired) electrons. The molecule has 0 atom stereocenters. The molecular formula is C31H17N3. The third-order valence-corrected chi connectivity index (χ3v) is 7.60. The second-order valence-corrected chi connectivity index (χ2v) is 9.34. The van der Waals surface area contributed by atoms with Gasteiger partial charge in [0, 0.05) is 48.7 Å². The van der Waals surface area contributed by atoms with Crippen molar-refractivity contribution >= 4 is 81.7 Å². The summed E-state index contributed by atoms with van der Waals surface area (Å²) in [5.74, 6) is 0. The van der Waals surface area contributed by atoms with E-state index < -0.39 is 0 Å². The van der Waals surface area contributed by atoms with Gasteiger partial charge in [-0.2, -0.15) is 0 Å². The van der Waals surface area contributed by atoms with Gasteiger partial charge in [0.05, 0.1) is 16.6 Å². The van der Waals surface area contributed by atoms with Gasteiger partial charge in [-0.1, -0.05) is 66.7 Å². The van der Waals surface area contributed by atoms with Crippen molar-refractivity contribution in [2.45, 2.75) is 0 Å². The van der Waals surface area contributed by atoms with Gasteiger partial charge in [0.15, 0.2) is 0 Å². The van der Waals surface area contributed by atoms with Gasteiger partial charge in [0.25, 0.3) is 0 Å². The summed E-state index contributed by atoms with van der Waals surface area (Å²) in [6, 6.07) is 35.1. The summed E-state index contributed by atoms with van der Waals surface area (Å²) in [6.07, 6.45) is 0. The lowest BCUT2D eigenvalue weighted by Gasteiger charge is -2.02. The van der Waals surface area contributed by atoms with Gasteiger partial charge >= 0.3 is 0 Å². The summed E-state index contributed by atoms with van der Waals surface area (Å²) in [4.78, 5) is 8.84. The van der Waals surface area contributed by atoms with E-state index in [2.05, 4.69) is 106 Å². The Hall–Kier alpha value is -4.63. The highest BCUT2D eigenvalue weighted by molar-refractivity contribution is 6.28. The smallest absolute Gasteiger partial charge is 0.146 e. The van der Waals surface area contributed by atoms with Crippen molar-refractivity contribution in [3.8, 4) is 0 Å². The summed E-state index contributed by atoms with van der Waals surface area (Å²) in [6.45, 7) is 0. The van der Waals surface area contributed by atoms with Crippen molar-refractivity contribution in [1.82, 2.24) is 14.4 Å². The first-order valence-corrected chi connectivity index (χ1v) is 11.7. The summed E-state index contributed by atoms with van der Waals surface area (Å²) < 4.78 is 2.38. The van der Waals surface area contributed by atoms with E-state index in [1.165, 1.54) is 70.5 Å². The third kappa shape index (κ3) is 1.89. The first-order valence-electron chi connectivity index (χ1n) is 11.7. The van der Waals surface area contributed by atoms with Crippen molar-refractivity contribution in [2.24, 2.45) is 0 Å². The van der Waals surface area contributed by atoms with Gasteiger partial charge in [-0.3, -0.25) is 4.40 Å². The van der Waals surface area contributed by atoms with Crippen molar-refractivity contribution in [3.63, 3.8) is 0 Å². The van der Waals surface area contributed by atoms with Crippen LogP contribution in [0.4, 0.5) is 0 Å². The Morgan fingerprint density at radius 1 is 0.559 bits per heavy atom. The fourth-order valence-corrected chi connectivity index (χ4v) is 6.14. The zero-order valence-electron chi connectivity index (χ0n) is 18.1. The van der Waals surface area contributed by atoms with Gasteiger partial charge < -0.3 is 4.98 Å². The molecule has 0 saturated heterocycles. The highest BCUT2D eigenvalue weighted by atomic mass is 15.0. The summed E-state index contributed by atoms with van der Waals surface area (Å²) >= 11 is 0. The SMILES string of the molecule is c1ccc2nc3c(cc2c1)c1cccc2c4cc5[nH]c6ccc7ccccc7c6c5cc4n3c21. The van der Waals surface area contributed by atoms with Crippen LogP contribution in [0, 0.1) is 0 Å². The average Bonchev–Trinajstić information content (AvgIpc) is 3.52. The Morgan fingerprint density at radius 3 is 2.29 bits per heavy atom. The number of aromatic nitrogens is 3. The van der Waals surface area contributed by atoms with E-state index in [0.29, 0.717) is 0 Å². The van der Waals surface area contributed by atoms with E-state index in [1.54, 1.807) is 0 Å². The molecule has 9 rings (SSSR count). The van der Waals surface area contributed by atoms with Crippen molar-refractivity contribution in [3.05, 3.63) is 97.1 Å². The predicted octanol–water partition coefficient (Wildman–Crippen LogP) is 8.17. The fourth-order valence-electron chi connectivity index (χ4n) is 6.14. The third-order valence-electron chi connectivity index (χ3n) is 7.60. The molecule has 0 unspecified atom stereocenters. The van der Waals surface area contributed by atoms with E-state index in [-0.39, 0.29) is 0 Å². The fraction of sp³-hybridized carbons (Fsp3) is 0. The number of H-pyrrole nitrogens is 1. The van der Waals surface area contributed by atoms with Crippen molar-refractivity contribution < 1.29 is 0 Å². The molecule has 4 heterocycles. The molecule has 0 saturated carbocycles. The molecule has 3 heteroatoms. The van der Waals surface area contributed by atoms with Gasteiger partial charge in [-0.05, 0) is 41.1 Å². The molecule has 5 aromatic carbocycles. The monoisotopic (exact) mass is 431 g/mol. The van der Waals surface area contributed by atoms with Gasteiger partial charge in [0.2, 0.25) is 0 Å². The van der Waals surface area contributed by atoms with Crippen LogP contribution in [0.25, 0.3) is 81.7 Å². The lowest BCUT2D eigenvalue weighted by molar-refractivity contribution is 1.30. The molecular weight excluding hydrogens is 414 g/mol. The van der Waals surface area contributed by atoms with Gasteiger partial charge in [-0.15, -0.1) is 0 Å². The maximum atomic E-state index is 5.15. The summed E-state index contributed by atoms with van der Waals surface area (Å²) in [7, 11) is 0. The Morgan fingerprint density at radius 2 is 1.35 bits per heavy atom. The Kier molecular flexibility index (Phi) is 2.81. The van der Waals surface area contributed by atoms with Crippen LogP contribution in [-0.4, -0.2) is 14.4 Å². The molecule has 34 heavy (non-hydrogen) atoms. The number of benzene rings is 5. The topological polar surface area (TPSA) is 33.1 Å². The lowest BCUT2D eigenvalue weighted by Crippen LogP contribution is -1.86. The number of pyridine rings is 1. The molecule has 156 valence electrons. The zero-order valence-corrected chi connectivity index (χ0v) is 18.1. The molecule has 4 aromatic heterocycles. The normalized spacial score (nSPS) is 12.7. The van der Waals surface area contributed by atoms with E-state index in [9.17, 15) is 0 Å². The Bertz CT molecular complexity index is 2280. The molecule has 1 N–H and O–H groups in total. The second-order valence-electron chi connectivity index (χ2n) is 9.34. The van der Waals surface area contributed by atoms with Crippen LogP contribution in [0.5, 0.6) is 0 Å². The van der Waals surface area contributed by atoms with Crippen molar-refractivity contribution in [2.75, 3.05) is 0 Å². The number of para-hydroxylation sites is 2. The van der Waals surface area contributed by atoms with Crippen LogP contribution >= 0.6 is 0 Å². The number of nitrogens with one attached hydrogen (secondary N) is 1. The number of rotatable bonds is 0. The van der Waals surface area contributed by atoms with E-state index in [1.807, 2.05) is 0 Å². The zero-order chi connectivity index (χ0) is 22.0. The molecule has 0 amide bonds. The van der Waals surface area contributed by atoms with Crippen molar-refractivity contribution in [1.29, 1.82) is 0 Å². The predicted molar refractivity (Wildman–Crippen MR) is 143 cm³/mol. The highest BCUT2D eigenvalue weighted by Gasteiger charge is 2.20. The number of nitrogens with zero attached hydrogens (tertiary/aromatic N) is 2. The van der Waals surface area contributed by atoms with Crippen LogP contribution in [0.1, 0.15) is 0 Å². The van der Waals surface area contributed by atoms with Gasteiger partial charge in [0.1, 0.15) is 5.65 Å². The number of aromatic amines is 1. The van der Waals surface area contributed by atoms with Gasteiger partial charge in [-0.25, -0.2) is 4.98 Å². The standard InChI is InChI=1S/C31H17N3/c1-3-8-19-17(6-1)12-13-26-29(19)24-16-28-22(15-27(24)32-26)20-9-5-10-21-23-14-18-7-2-4-11-25(18)33-31(23)34(28)30(20)21/h1-16,32H. The average molecular weight is 431 g/mol. The molecule has 9 aromatic rings. The number of hydrogen-bond donors (Lipinski definition) is 1. The maximum Gasteiger partial charge on any atom is 0.146 e. The summed E-state index contributed by atoms with van der Waals surface area (Å²) in [5.41, 5.74) is 6.89. The molecule has 0 aliphatic carbocycles.